The zero-order valence-electron chi connectivity index (χ0n) is 40.8. The second-order valence-corrected chi connectivity index (χ2v) is 25.1. The predicted molar refractivity (Wildman–Crippen MR) is 278 cm³/mol. The molecule has 11 N–H and O–H groups in total. The van der Waals surface area contributed by atoms with Crippen molar-refractivity contribution in [3.8, 4) is 0 Å². The fraction of sp³-hybridized carbons (Fsp3) is 0.256. The van der Waals surface area contributed by atoms with Gasteiger partial charge in [0, 0.05) is 51.1 Å². The van der Waals surface area contributed by atoms with Crippen LogP contribution < -0.4 is 15.1 Å². The van der Waals surface area contributed by atoms with Gasteiger partial charge in [-0.1, -0.05) is 30.4 Å². The summed E-state index contributed by atoms with van der Waals surface area (Å²) in [6.45, 7) is -2.73. The molecular weight excluding hydrogens is 1190 g/mol. The van der Waals surface area contributed by atoms with Crippen LogP contribution in [0.15, 0.2) is 102 Å². The molecule has 0 aliphatic carbocycles. The SMILES string of the molecule is O=S(=O)(O)c1ccc(S(=O)(=O)O)c(Cc2nc(Cc3ccc(/C=C/c4ccc(Nc5nc(Cc6cc(S(=O)(=O)O)ccc6S(=O)(=O)O)nc(N(CCO)CCO)n5)cc4S(=O)(=O)O)c(S(=O)(=O)O)c3)nc(N(CCO)CCO)n2)c1. The molecule has 0 fully saturated rings. The Balaban J connectivity index is 1.38. The zero-order chi connectivity index (χ0) is 59.2. The first kappa shape index (κ1) is 62.5. The number of anilines is 4. The summed E-state index contributed by atoms with van der Waals surface area (Å²) in [5.41, 5.74) is -1.49. The van der Waals surface area contributed by atoms with Crippen LogP contribution >= 0.6 is 0 Å². The fourth-order valence-electron chi connectivity index (χ4n) is 7.61. The van der Waals surface area contributed by atoms with Crippen LogP contribution in [0.2, 0.25) is 0 Å². The molecule has 6 rings (SSSR count). The predicted octanol–water partition coefficient (Wildman–Crippen LogP) is -0.195. The van der Waals surface area contributed by atoms with Gasteiger partial charge in [-0.3, -0.25) is 27.3 Å². The van der Waals surface area contributed by atoms with E-state index in [9.17, 15) is 98.2 Å². The van der Waals surface area contributed by atoms with Crippen molar-refractivity contribution in [2.75, 3.05) is 67.7 Å². The van der Waals surface area contributed by atoms with Crippen LogP contribution in [0.1, 0.15) is 45.3 Å². The lowest BCUT2D eigenvalue weighted by molar-refractivity contribution is 0.279. The van der Waals surface area contributed by atoms with Crippen LogP contribution in [0.5, 0.6) is 0 Å². The molecule has 432 valence electrons. The quantitative estimate of drug-likeness (QED) is 0.0247. The minimum absolute atomic E-state index is 0.0702. The van der Waals surface area contributed by atoms with E-state index in [1.807, 2.05) is 0 Å². The van der Waals surface area contributed by atoms with Gasteiger partial charge in [-0.15, -0.1) is 0 Å². The van der Waals surface area contributed by atoms with Gasteiger partial charge in [-0.05, 0) is 82.4 Å². The average molecular weight is 1230 g/mol. The van der Waals surface area contributed by atoms with Crippen LogP contribution in [0, 0.1) is 0 Å². The van der Waals surface area contributed by atoms with E-state index in [1.165, 1.54) is 28.0 Å². The molecular formula is C43H47N9O22S6. The summed E-state index contributed by atoms with van der Waals surface area (Å²) in [5, 5.41) is 41.6. The fourth-order valence-corrected chi connectivity index (χ4v) is 11.5. The van der Waals surface area contributed by atoms with E-state index in [2.05, 4.69) is 35.2 Å². The van der Waals surface area contributed by atoms with E-state index in [0.29, 0.717) is 18.2 Å². The summed E-state index contributed by atoms with van der Waals surface area (Å²) in [5.74, 6) is -1.76. The highest BCUT2D eigenvalue weighted by Crippen LogP contribution is 2.30. The number of nitrogens with one attached hydrogen (secondary N) is 1. The zero-order valence-corrected chi connectivity index (χ0v) is 45.7. The van der Waals surface area contributed by atoms with E-state index < -0.39 is 153 Å². The minimum Gasteiger partial charge on any atom is -0.395 e. The number of hydrogen-bond donors (Lipinski definition) is 11. The third-order valence-corrected chi connectivity index (χ3v) is 16.5. The number of rotatable bonds is 26. The number of aromatic nitrogens is 6. The lowest BCUT2D eigenvalue weighted by Gasteiger charge is -2.21. The first-order valence-corrected chi connectivity index (χ1v) is 31.1. The third kappa shape index (κ3) is 16.5. The largest absolute Gasteiger partial charge is 0.395 e. The number of benzene rings is 4. The van der Waals surface area contributed by atoms with Crippen LogP contribution in [-0.2, 0) is 80.0 Å². The van der Waals surface area contributed by atoms with E-state index >= 15 is 0 Å². The topological polar surface area (TPSA) is 503 Å². The maximum absolute atomic E-state index is 12.9. The van der Waals surface area contributed by atoms with Gasteiger partial charge in [-0.25, -0.2) is 4.98 Å². The van der Waals surface area contributed by atoms with Crippen LogP contribution in [0.25, 0.3) is 12.2 Å². The van der Waals surface area contributed by atoms with Crippen molar-refractivity contribution in [3.05, 3.63) is 118 Å². The number of aliphatic hydroxyl groups is 4. The molecule has 2 aromatic heterocycles. The molecule has 0 aliphatic rings. The summed E-state index contributed by atoms with van der Waals surface area (Å²) < 4.78 is 208. The molecule has 31 nitrogen and oxygen atoms in total. The Labute approximate surface area is 456 Å². The summed E-state index contributed by atoms with van der Waals surface area (Å²) >= 11 is 0. The van der Waals surface area contributed by atoms with Crippen LogP contribution in [-0.4, -0.2) is 181 Å². The molecule has 80 heavy (non-hydrogen) atoms. The summed E-state index contributed by atoms with van der Waals surface area (Å²) in [4.78, 5) is 23.4. The third-order valence-electron chi connectivity index (χ3n) is 11.1. The normalized spacial score (nSPS) is 12.7. The molecule has 0 unspecified atom stereocenters. The lowest BCUT2D eigenvalue weighted by Crippen LogP contribution is -2.32. The minimum atomic E-state index is -5.17. The Morgan fingerprint density at radius 3 is 1.20 bits per heavy atom. The van der Waals surface area contributed by atoms with Crippen molar-refractivity contribution in [2.45, 2.75) is 48.6 Å². The average Bonchev–Trinajstić information content (AvgIpc) is 3.34. The molecule has 0 saturated carbocycles. The van der Waals surface area contributed by atoms with Gasteiger partial charge in [0.25, 0.3) is 60.7 Å². The van der Waals surface area contributed by atoms with Crippen molar-refractivity contribution >= 4 is 96.4 Å². The number of hydrogen-bond acceptors (Lipinski definition) is 25. The molecule has 4 aromatic carbocycles. The maximum Gasteiger partial charge on any atom is 0.295 e. The monoisotopic (exact) mass is 1230 g/mol. The van der Waals surface area contributed by atoms with Crippen molar-refractivity contribution in [3.63, 3.8) is 0 Å². The first-order chi connectivity index (χ1) is 37.2. The van der Waals surface area contributed by atoms with Crippen LogP contribution in [0.4, 0.5) is 23.5 Å². The molecule has 0 amide bonds. The van der Waals surface area contributed by atoms with E-state index in [-0.39, 0.29) is 77.9 Å². The number of aliphatic hydroxyl groups excluding tert-OH is 4. The highest BCUT2D eigenvalue weighted by atomic mass is 32.2. The summed E-state index contributed by atoms with van der Waals surface area (Å²) in [6, 6.07) is 11.0. The van der Waals surface area contributed by atoms with E-state index in [1.54, 1.807) is 0 Å². The van der Waals surface area contributed by atoms with Gasteiger partial charge in [-0.2, -0.15) is 75.4 Å². The molecule has 0 saturated heterocycles. The number of nitrogens with zero attached hydrogens (tertiary/aromatic N) is 8. The van der Waals surface area contributed by atoms with Crippen molar-refractivity contribution in [2.24, 2.45) is 0 Å². The molecule has 0 atom stereocenters. The molecule has 0 spiro atoms. The van der Waals surface area contributed by atoms with Crippen molar-refractivity contribution < 1.29 is 98.2 Å². The summed E-state index contributed by atoms with van der Waals surface area (Å²) in [6.07, 6.45) is 0.378. The standard InChI is InChI=1S/C43H47N9O22S6/c53-15-11-51(12-16-54)42-47-38(45-39(48-42)23-29-21-32(75(57,58)59)7-9-34(29)77(63,64)65)20-26-1-2-27(36(19-26)79(69,70)71)3-4-28-5-6-31(25-37(28)80(72,73)74)44-41-46-40(49-43(50-41)52(13-17-55)14-18-56)24-30-22-33(76(60,61)62)8-10-35(30)78(66,67)68/h1-10,19,21-22,25,53-56H,11-18,20,23-24H2,(H,57,58,59)(H,60,61,62)(H,63,64,65)(H,66,67,68)(H,69,70,71)(H,72,73,74)(H,44,46,49,50)/b4-3+. The second-order valence-electron chi connectivity index (χ2n) is 16.7. The van der Waals surface area contributed by atoms with E-state index in [0.717, 1.165) is 48.6 Å². The van der Waals surface area contributed by atoms with Gasteiger partial charge in [0.05, 0.1) is 46.0 Å². The van der Waals surface area contributed by atoms with Gasteiger partial charge in [0.2, 0.25) is 17.8 Å². The molecule has 0 radical (unpaired) electrons. The van der Waals surface area contributed by atoms with E-state index in [4.69, 9.17) is 0 Å². The first-order valence-electron chi connectivity index (χ1n) is 22.5. The summed E-state index contributed by atoms with van der Waals surface area (Å²) in [7, 11) is -30.2. The highest BCUT2D eigenvalue weighted by molar-refractivity contribution is 7.87. The second kappa shape index (κ2) is 25.0. The highest BCUT2D eigenvalue weighted by Gasteiger charge is 2.26. The smallest absolute Gasteiger partial charge is 0.295 e. The Morgan fingerprint density at radius 1 is 0.400 bits per heavy atom. The Bertz CT molecular complexity index is 3790. The van der Waals surface area contributed by atoms with Crippen LogP contribution in [0.3, 0.4) is 0 Å². The Morgan fingerprint density at radius 2 is 0.787 bits per heavy atom. The maximum atomic E-state index is 12.9. The van der Waals surface area contributed by atoms with Gasteiger partial charge in [0.1, 0.15) is 27.3 Å². The molecule has 6 aromatic rings. The Kier molecular flexibility index (Phi) is 19.5. The molecule has 0 aliphatic heterocycles. The van der Waals surface area contributed by atoms with Crippen molar-refractivity contribution in [1.82, 2.24) is 29.9 Å². The van der Waals surface area contributed by atoms with Gasteiger partial charge in [0.15, 0.2) is 0 Å². The molecule has 0 bridgehead atoms. The molecule has 37 heteroatoms. The lowest BCUT2D eigenvalue weighted by atomic mass is 10.1. The van der Waals surface area contributed by atoms with Gasteiger partial charge < -0.3 is 35.5 Å². The molecule has 2 heterocycles. The van der Waals surface area contributed by atoms with Gasteiger partial charge >= 0.3 is 0 Å². The van der Waals surface area contributed by atoms with Crippen molar-refractivity contribution in [1.29, 1.82) is 0 Å². The Hall–Kier alpha value is -6.66.